The van der Waals surface area contributed by atoms with Crippen LogP contribution in [0.1, 0.15) is 18.4 Å². The average molecular weight is 211 g/mol. The molecule has 1 aromatic carbocycles. The molecular formula is C10H11Br. The Kier molecular flexibility index (Phi) is 1.99. The van der Waals surface area contributed by atoms with Crippen LogP contribution in [0.2, 0.25) is 0 Å². The van der Waals surface area contributed by atoms with Gasteiger partial charge in [0.05, 0.1) is 0 Å². The van der Waals surface area contributed by atoms with E-state index in [0.717, 1.165) is 5.92 Å². The van der Waals surface area contributed by atoms with Crippen LogP contribution in [0.25, 0.3) is 0 Å². The molecule has 0 saturated heterocycles. The first-order valence-electron chi connectivity index (χ1n) is 4.09. The zero-order valence-electron chi connectivity index (χ0n) is 6.39. The minimum Gasteiger partial charge on any atom is -0.0579 e. The van der Waals surface area contributed by atoms with Crippen molar-refractivity contribution in [3.8, 4) is 0 Å². The van der Waals surface area contributed by atoms with Crippen molar-refractivity contribution in [2.45, 2.75) is 19.3 Å². The van der Waals surface area contributed by atoms with Crippen LogP contribution < -0.4 is 0 Å². The van der Waals surface area contributed by atoms with E-state index in [9.17, 15) is 0 Å². The predicted molar refractivity (Wildman–Crippen MR) is 50.6 cm³/mol. The lowest BCUT2D eigenvalue weighted by Crippen LogP contribution is -1.84. The van der Waals surface area contributed by atoms with E-state index in [0.29, 0.717) is 0 Å². The Morgan fingerprint density at radius 3 is 2.36 bits per heavy atom. The van der Waals surface area contributed by atoms with Gasteiger partial charge in [-0.2, -0.15) is 0 Å². The quantitative estimate of drug-likeness (QED) is 0.703. The summed E-state index contributed by atoms with van der Waals surface area (Å²) in [6.45, 7) is 0. The molecular weight excluding hydrogens is 200 g/mol. The van der Waals surface area contributed by atoms with Gasteiger partial charge >= 0.3 is 0 Å². The molecule has 1 aliphatic rings. The number of benzene rings is 1. The molecule has 0 aromatic heterocycles. The lowest BCUT2D eigenvalue weighted by Gasteiger charge is -1.97. The third kappa shape index (κ3) is 2.06. The molecule has 0 nitrogen and oxygen atoms in total. The number of hydrogen-bond acceptors (Lipinski definition) is 0. The lowest BCUT2D eigenvalue weighted by molar-refractivity contribution is 0.832. The van der Waals surface area contributed by atoms with Crippen LogP contribution in [0.5, 0.6) is 0 Å². The van der Waals surface area contributed by atoms with E-state index < -0.39 is 0 Å². The Labute approximate surface area is 75.8 Å². The maximum atomic E-state index is 3.43. The normalized spacial score (nSPS) is 16.8. The summed E-state index contributed by atoms with van der Waals surface area (Å²) in [6.07, 6.45) is 4.17. The molecule has 0 radical (unpaired) electrons. The molecule has 58 valence electrons. The molecule has 0 spiro atoms. The van der Waals surface area contributed by atoms with Gasteiger partial charge < -0.3 is 0 Å². The van der Waals surface area contributed by atoms with Gasteiger partial charge in [-0.05, 0) is 42.9 Å². The van der Waals surface area contributed by atoms with E-state index in [2.05, 4.69) is 40.2 Å². The van der Waals surface area contributed by atoms with E-state index in [-0.39, 0.29) is 0 Å². The summed E-state index contributed by atoms with van der Waals surface area (Å²) >= 11 is 3.43. The molecule has 0 heterocycles. The summed E-state index contributed by atoms with van der Waals surface area (Å²) in [5.41, 5.74) is 1.48. The molecule has 11 heavy (non-hydrogen) atoms. The van der Waals surface area contributed by atoms with Gasteiger partial charge in [0.25, 0.3) is 0 Å². The van der Waals surface area contributed by atoms with Crippen LogP contribution in [0.4, 0.5) is 0 Å². The molecule has 0 atom stereocenters. The number of halogens is 1. The standard InChI is InChI=1S/C10H11Br/c11-10-5-3-9(4-6-10)7-8-1-2-8/h3-6,8H,1-2,7H2. The molecule has 1 aromatic rings. The SMILES string of the molecule is Brc1ccc(CC2CC2)cc1. The number of rotatable bonds is 2. The Balaban J connectivity index is 2.06. The van der Waals surface area contributed by atoms with E-state index in [1.807, 2.05) is 0 Å². The van der Waals surface area contributed by atoms with Crippen molar-refractivity contribution >= 4 is 15.9 Å². The summed E-state index contributed by atoms with van der Waals surface area (Å²) in [7, 11) is 0. The highest BCUT2D eigenvalue weighted by Crippen LogP contribution is 2.32. The van der Waals surface area contributed by atoms with Crippen LogP contribution in [0.15, 0.2) is 28.7 Å². The monoisotopic (exact) mass is 210 g/mol. The van der Waals surface area contributed by atoms with Crippen molar-refractivity contribution in [2.75, 3.05) is 0 Å². The highest BCUT2D eigenvalue weighted by atomic mass is 79.9. The van der Waals surface area contributed by atoms with Crippen molar-refractivity contribution in [3.63, 3.8) is 0 Å². The van der Waals surface area contributed by atoms with Crippen LogP contribution in [-0.2, 0) is 6.42 Å². The smallest absolute Gasteiger partial charge is 0.0175 e. The second-order valence-electron chi connectivity index (χ2n) is 3.27. The van der Waals surface area contributed by atoms with Crippen molar-refractivity contribution < 1.29 is 0 Å². The summed E-state index contributed by atoms with van der Waals surface area (Å²) in [4.78, 5) is 0. The second kappa shape index (κ2) is 2.98. The second-order valence-corrected chi connectivity index (χ2v) is 4.19. The van der Waals surface area contributed by atoms with Gasteiger partial charge in [0, 0.05) is 4.47 Å². The first-order valence-corrected chi connectivity index (χ1v) is 4.88. The van der Waals surface area contributed by atoms with Gasteiger partial charge in [-0.25, -0.2) is 0 Å². The van der Waals surface area contributed by atoms with Gasteiger partial charge in [-0.3, -0.25) is 0 Å². The Morgan fingerprint density at radius 2 is 1.82 bits per heavy atom. The largest absolute Gasteiger partial charge is 0.0579 e. The van der Waals surface area contributed by atoms with Gasteiger partial charge in [0.2, 0.25) is 0 Å². The maximum absolute atomic E-state index is 3.43. The minimum absolute atomic E-state index is 0.996. The highest BCUT2D eigenvalue weighted by molar-refractivity contribution is 9.10. The Bertz CT molecular complexity index is 234. The molecule has 0 amide bonds. The first kappa shape index (κ1) is 7.35. The fourth-order valence-electron chi connectivity index (χ4n) is 1.28. The van der Waals surface area contributed by atoms with E-state index in [1.165, 1.54) is 29.3 Å². The van der Waals surface area contributed by atoms with Crippen molar-refractivity contribution in [3.05, 3.63) is 34.3 Å². The molecule has 0 bridgehead atoms. The molecule has 1 saturated carbocycles. The van der Waals surface area contributed by atoms with E-state index >= 15 is 0 Å². The summed E-state index contributed by atoms with van der Waals surface area (Å²) in [5.74, 6) is 0.996. The van der Waals surface area contributed by atoms with Gasteiger partial charge in [-0.1, -0.05) is 28.1 Å². The molecule has 1 aliphatic carbocycles. The van der Waals surface area contributed by atoms with Gasteiger partial charge in [0.15, 0.2) is 0 Å². The van der Waals surface area contributed by atoms with Gasteiger partial charge in [0.1, 0.15) is 0 Å². The summed E-state index contributed by atoms with van der Waals surface area (Å²) < 4.78 is 1.18. The van der Waals surface area contributed by atoms with E-state index in [4.69, 9.17) is 0 Å². The molecule has 1 heteroatoms. The molecule has 2 rings (SSSR count). The zero-order valence-corrected chi connectivity index (χ0v) is 7.97. The van der Waals surface area contributed by atoms with Crippen LogP contribution in [0, 0.1) is 5.92 Å². The third-order valence-corrected chi connectivity index (χ3v) is 2.66. The predicted octanol–water partition coefficient (Wildman–Crippen LogP) is 3.40. The molecule has 0 N–H and O–H groups in total. The van der Waals surface area contributed by atoms with Crippen molar-refractivity contribution in [1.82, 2.24) is 0 Å². The highest BCUT2D eigenvalue weighted by Gasteiger charge is 2.20. The Hall–Kier alpha value is -0.300. The minimum atomic E-state index is 0.996. The fourth-order valence-corrected chi connectivity index (χ4v) is 1.54. The molecule has 0 aliphatic heterocycles. The zero-order chi connectivity index (χ0) is 7.68. The van der Waals surface area contributed by atoms with Crippen molar-refractivity contribution in [1.29, 1.82) is 0 Å². The Morgan fingerprint density at radius 1 is 1.18 bits per heavy atom. The summed E-state index contributed by atoms with van der Waals surface area (Å²) in [5, 5.41) is 0. The lowest BCUT2D eigenvalue weighted by atomic mass is 10.1. The molecule has 0 unspecified atom stereocenters. The third-order valence-electron chi connectivity index (χ3n) is 2.13. The van der Waals surface area contributed by atoms with Crippen LogP contribution >= 0.6 is 15.9 Å². The topological polar surface area (TPSA) is 0 Å². The fraction of sp³-hybridized carbons (Fsp3) is 0.400. The van der Waals surface area contributed by atoms with E-state index in [1.54, 1.807) is 0 Å². The average Bonchev–Trinajstić information content (AvgIpc) is 2.78. The first-order chi connectivity index (χ1) is 5.34. The van der Waals surface area contributed by atoms with Crippen LogP contribution in [0.3, 0.4) is 0 Å². The van der Waals surface area contributed by atoms with Crippen LogP contribution in [-0.4, -0.2) is 0 Å². The maximum Gasteiger partial charge on any atom is 0.0175 e. The number of hydrogen-bond donors (Lipinski definition) is 0. The van der Waals surface area contributed by atoms with Crippen molar-refractivity contribution in [2.24, 2.45) is 5.92 Å². The van der Waals surface area contributed by atoms with Gasteiger partial charge in [-0.15, -0.1) is 0 Å². The summed E-state index contributed by atoms with van der Waals surface area (Å²) in [6, 6.07) is 8.67. The molecule has 1 fully saturated rings.